The molecular weight excluding hydrogens is 342 g/mol. The maximum atomic E-state index is 12.4. The minimum Gasteiger partial charge on any atom is -0.481 e. The van der Waals surface area contributed by atoms with Crippen LogP contribution in [0.5, 0.6) is 0 Å². The number of alkyl halides is 6. The van der Waals surface area contributed by atoms with Gasteiger partial charge in [-0.3, -0.25) is 4.79 Å². The van der Waals surface area contributed by atoms with Crippen molar-refractivity contribution in [2.24, 2.45) is 0 Å². The van der Waals surface area contributed by atoms with Crippen LogP contribution in [-0.4, -0.2) is 22.1 Å². The minimum atomic E-state index is -4.67. The topological polar surface area (TPSA) is 37.3 Å². The molecule has 1 aromatic carbocycles. The molecule has 118 valence electrons. The number of aliphatic carboxylic acids is 1. The lowest BCUT2D eigenvalue weighted by Crippen LogP contribution is -2.06. The lowest BCUT2D eigenvalue weighted by Gasteiger charge is -2.15. The van der Waals surface area contributed by atoms with Crippen LogP contribution < -0.4 is 0 Å². The predicted molar refractivity (Wildman–Crippen MR) is 66.2 cm³/mol. The Bertz CT molecular complexity index is 478. The van der Waals surface area contributed by atoms with Gasteiger partial charge in [-0.1, -0.05) is 6.07 Å². The van der Waals surface area contributed by atoms with E-state index in [0.717, 1.165) is 18.2 Å². The highest BCUT2D eigenvalue weighted by atomic mass is 32.2. The van der Waals surface area contributed by atoms with E-state index in [2.05, 4.69) is 0 Å². The second-order valence-corrected chi connectivity index (χ2v) is 5.94. The Labute approximate surface area is 123 Å². The van der Waals surface area contributed by atoms with Crippen LogP contribution in [0.1, 0.15) is 12.0 Å². The molecule has 0 unspecified atom stereocenters. The molecule has 1 N–H and O–H groups in total. The molecule has 10 heteroatoms. The summed E-state index contributed by atoms with van der Waals surface area (Å²) in [7, 11) is 0. The molecule has 0 radical (unpaired) electrons. The first-order chi connectivity index (χ1) is 9.48. The number of carboxylic acids is 1. The van der Waals surface area contributed by atoms with Crippen LogP contribution in [0.4, 0.5) is 26.3 Å². The lowest BCUT2D eigenvalue weighted by molar-refractivity contribution is -0.136. The van der Waals surface area contributed by atoms with Crippen molar-refractivity contribution in [3.63, 3.8) is 0 Å². The van der Waals surface area contributed by atoms with Crippen molar-refractivity contribution in [2.75, 3.05) is 0 Å². The van der Waals surface area contributed by atoms with Gasteiger partial charge in [0.05, 0.1) is 0 Å². The third-order valence-electron chi connectivity index (χ3n) is 2.13. The van der Waals surface area contributed by atoms with Crippen molar-refractivity contribution in [1.82, 2.24) is 0 Å². The van der Waals surface area contributed by atoms with Gasteiger partial charge in [-0.05, 0) is 47.6 Å². The van der Waals surface area contributed by atoms with Crippen LogP contribution in [0.2, 0.25) is 0 Å². The molecule has 0 aromatic heterocycles. The van der Waals surface area contributed by atoms with E-state index in [1.807, 2.05) is 0 Å². The Kier molecular flexibility index (Phi) is 5.85. The Morgan fingerprint density at radius 2 is 1.43 bits per heavy atom. The molecule has 0 aliphatic carbocycles. The second kappa shape index (κ2) is 6.82. The lowest BCUT2D eigenvalue weighted by atomic mass is 10.1. The van der Waals surface area contributed by atoms with Crippen LogP contribution in [0.25, 0.3) is 0 Å². The molecule has 0 heterocycles. The number of rotatable bonds is 5. The minimum absolute atomic E-state index is 0.260. The van der Waals surface area contributed by atoms with Crippen LogP contribution in [0.3, 0.4) is 0 Å². The fourth-order valence-electron chi connectivity index (χ4n) is 1.46. The van der Waals surface area contributed by atoms with Gasteiger partial charge in [0.25, 0.3) is 0 Å². The first-order valence-electron chi connectivity index (χ1n) is 5.33. The highest BCUT2D eigenvalue weighted by Gasteiger charge is 2.34. The molecule has 0 atom stereocenters. The number of carboxylic acid groups (broad SMARTS) is 1. The summed E-state index contributed by atoms with van der Waals surface area (Å²) in [6.45, 7) is 0. The van der Waals surface area contributed by atoms with Gasteiger partial charge >= 0.3 is 17.0 Å². The van der Waals surface area contributed by atoms with E-state index in [-0.39, 0.29) is 5.56 Å². The number of halogens is 6. The summed E-state index contributed by atoms with van der Waals surface area (Å²) in [5, 5.41) is 8.56. The van der Waals surface area contributed by atoms with E-state index in [4.69, 9.17) is 5.11 Å². The maximum absolute atomic E-state index is 12.4. The average molecular weight is 350 g/mol. The number of carbonyl (C=O) groups is 1. The zero-order chi connectivity index (χ0) is 16.3. The third-order valence-corrected chi connectivity index (χ3v) is 3.80. The molecule has 0 aliphatic heterocycles. The summed E-state index contributed by atoms with van der Waals surface area (Å²) < 4.78 is 74.4. The average Bonchev–Trinajstić information content (AvgIpc) is 2.23. The fraction of sp³-hybridized carbons (Fsp3) is 0.364. The molecule has 1 rings (SSSR count). The summed E-state index contributed by atoms with van der Waals surface area (Å²) in [6, 6.07) is 3.12. The van der Waals surface area contributed by atoms with Crippen molar-refractivity contribution in [1.29, 1.82) is 0 Å². The molecule has 0 bridgehead atoms. The summed E-state index contributed by atoms with van der Waals surface area (Å²) in [6.07, 6.45) is -0.964. The summed E-state index contributed by atoms with van der Waals surface area (Å²) >= 11 is -1.11. The molecule has 0 amide bonds. The molecule has 0 spiro atoms. The van der Waals surface area contributed by atoms with Gasteiger partial charge in [0, 0.05) is 16.2 Å². The van der Waals surface area contributed by atoms with Gasteiger partial charge in [-0.2, -0.15) is 26.3 Å². The van der Waals surface area contributed by atoms with Crippen molar-refractivity contribution < 1.29 is 36.2 Å². The van der Waals surface area contributed by atoms with Crippen LogP contribution in [-0.2, 0) is 11.2 Å². The Morgan fingerprint density at radius 3 is 1.76 bits per heavy atom. The SMILES string of the molecule is O=C(O)CCc1c(SC(F)(F)F)cccc1SC(F)(F)F. The number of thioether (sulfide) groups is 2. The molecule has 0 aliphatic rings. The summed E-state index contributed by atoms with van der Waals surface area (Å²) in [5.74, 6) is -1.30. The van der Waals surface area contributed by atoms with Crippen LogP contribution in [0.15, 0.2) is 28.0 Å². The molecule has 21 heavy (non-hydrogen) atoms. The molecular formula is C11H8F6O2S2. The quantitative estimate of drug-likeness (QED) is 0.604. The summed E-state index contributed by atoms with van der Waals surface area (Å²) in [5.41, 5.74) is -9.59. The van der Waals surface area contributed by atoms with E-state index < -0.39 is 63.1 Å². The van der Waals surface area contributed by atoms with Gasteiger partial charge < -0.3 is 5.11 Å². The largest absolute Gasteiger partial charge is 0.481 e. The van der Waals surface area contributed by atoms with E-state index in [9.17, 15) is 31.1 Å². The fourth-order valence-corrected chi connectivity index (χ4v) is 2.99. The number of benzene rings is 1. The molecule has 2 nitrogen and oxygen atoms in total. The van der Waals surface area contributed by atoms with Crippen molar-refractivity contribution in [2.45, 2.75) is 33.6 Å². The monoisotopic (exact) mass is 350 g/mol. The highest BCUT2D eigenvalue weighted by molar-refractivity contribution is 8.01. The third kappa shape index (κ3) is 6.98. The van der Waals surface area contributed by atoms with E-state index in [0.29, 0.717) is 0 Å². The Hall–Kier alpha value is -1.03. The normalized spacial score (nSPS) is 12.5. The zero-order valence-electron chi connectivity index (χ0n) is 10.1. The maximum Gasteiger partial charge on any atom is 0.446 e. The molecule has 0 fully saturated rings. The summed E-state index contributed by atoms with van der Waals surface area (Å²) in [4.78, 5) is 9.67. The van der Waals surface area contributed by atoms with Crippen LogP contribution >= 0.6 is 23.5 Å². The second-order valence-electron chi connectivity index (χ2n) is 3.72. The van der Waals surface area contributed by atoms with Gasteiger partial charge in [0.1, 0.15) is 0 Å². The van der Waals surface area contributed by atoms with Crippen molar-refractivity contribution in [3.05, 3.63) is 23.8 Å². The molecule has 0 saturated carbocycles. The molecule has 1 aromatic rings. The standard InChI is InChI=1S/C11H8F6O2S2/c12-10(13,14)20-7-2-1-3-8(21-11(15,16)17)6(7)4-5-9(18)19/h1-3H,4-5H2,(H,18,19). The molecule has 0 saturated heterocycles. The number of hydrogen-bond donors (Lipinski definition) is 1. The van der Waals surface area contributed by atoms with E-state index in [1.54, 1.807) is 0 Å². The van der Waals surface area contributed by atoms with Gasteiger partial charge in [-0.25, -0.2) is 0 Å². The van der Waals surface area contributed by atoms with E-state index >= 15 is 0 Å². The van der Waals surface area contributed by atoms with Gasteiger partial charge in [-0.15, -0.1) is 0 Å². The van der Waals surface area contributed by atoms with Crippen molar-refractivity contribution >= 4 is 29.5 Å². The Morgan fingerprint density at radius 1 is 1.00 bits per heavy atom. The first-order valence-corrected chi connectivity index (χ1v) is 6.96. The van der Waals surface area contributed by atoms with Gasteiger partial charge in [0.2, 0.25) is 0 Å². The van der Waals surface area contributed by atoms with Crippen LogP contribution in [0, 0.1) is 0 Å². The van der Waals surface area contributed by atoms with Gasteiger partial charge in [0.15, 0.2) is 0 Å². The van der Waals surface area contributed by atoms with E-state index in [1.165, 1.54) is 0 Å². The smallest absolute Gasteiger partial charge is 0.446 e. The Balaban J connectivity index is 3.16. The first kappa shape index (κ1) is 18.0. The predicted octanol–water partition coefficient (Wildman–Crippen LogP) is 4.93. The zero-order valence-corrected chi connectivity index (χ0v) is 11.7. The van der Waals surface area contributed by atoms with Crippen molar-refractivity contribution in [3.8, 4) is 0 Å². The highest BCUT2D eigenvalue weighted by Crippen LogP contribution is 2.44. The number of hydrogen-bond acceptors (Lipinski definition) is 3.